The number of aromatic nitrogens is 1. The minimum Gasteiger partial charge on any atom is -0.478 e. The summed E-state index contributed by atoms with van der Waals surface area (Å²) in [5.41, 5.74) is 6.57. The van der Waals surface area contributed by atoms with Crippen LogP contribution in [0.4, 0.5) is 17.2 Å². The predicted octanol–water partition coefficient (Wildman–Crippen LogP) is 2.71. The van der Waals surface area contributed by atoms with Crippen LogP contribution in [0.15, 0.2) is 36.5 Å². The molecule has 0 unspecified atom stereocenters. The van der Waals surface area contributed by atoms with Gasteiger partial charge in [0.25, 0.3) is 0 Å². The maximum Gasteiger partial charge on any atom is 0.337 e. The van der Waals surface area contributed by atoms with Crippen molar-refractivity contribution in [2.75, 3.05) is 11.1 Å². The standard InChI is InChI=1S/C12H10IN3O2/c13-7-2-1-3-8(4-7)16-11-5-9(12(17)18)10(14)6-15-11/h1-6H,14H2,(H,15,16)(H,17,18). The number of nitrogens with two attached hydrogens (primary N) is 1. The monoisotopic (exact) mass is 355 g/mol. The van der Waals surface area contributed by atoms with E-state index in [0.717, 1.165) is 9.26 Å². The second kappa shape index (κ2) is 5.21. The van der Waals surface area contributed by atoms with Gasteiger partial charge in [-0.15, -0.1) is 0 Å². The Kier molecular flexibility index (Phi) is 3.66. The van der Waals surface area contributed by atoms with Crippen molar-refractivity contribution in [1.29, 1.82) is 0 Å². The summed E-state index contributed by atoms with van der Waals surface area (Å²) in [6, 6.07) is 9.08. The third-order valence-electron chi connectivity index (χ3n) is 2.26. The molecule has 0 atom stereocenters. The van der Waals surface area contributed by atoms with E-state index in [4.69, 9.17) is 10.8 Å². The third kappa shape index (κ3) is 2.89. The molecule has 0 aliphatic heterocycles. The van der Waals surface area contributed by atoms with E-state index in [0.29, 0.717) is 5.82 Å². The molecule has 0 aliphatic carbocycles. The second-order valence-corrected chi connectivity index (χ2v) is 4.84. The first-order valence-electron chi connectivity index (χ1n) is 5.07. The number of hydrogen-bond donors (Lipinski definition) is 3. The number of nitrogens with one attached hydrogen (secondary N) is 1. The van der Waals surface area contributed by atoms with Gasteiger partial charge >= 0.3 is 5.97 Å². The van der Waals surface area contributed by atoms with Gasteiger partial charge in [0.1, 0.15) is 5.82 Å². The number of halogens is 1. The first-order valence-corrected chi connectivity index (χ1v) is 6.15. The Morgan fingerprint density at radius 2 is 2.17 bits per heavy atom. The van der Waals surface area contributed by atoms with E-state index in [1.807, 2.05) is 24.3 Å². The van der Waals surface area contributed by atoms with Crippen LogP contribution < -0.4 is 11.1 Å². The van der Waals surface area contributed by atoms with Gasteiger partial charge in [0.2, 0.25) is 0 Å². The maximum absolute atomic E-state index is 10.9. The van der Waals surface area contributed by atoms with Crippen molar-refractivity contribution in [1.82, 2.24) is 4.98 Å². The molecule has 0 saturated heterocycles. The lowest BCUT2D eigenvalue weighted by atomic mass is 10.2. The van der Waals surface area contributed by atoms with Gasteiger partial charge in [-0.3, -0.25) is 0 Å². The van der Waals surface area contributed by atoms with Gasteiger partial charge in [-0.25, -0.2) is 9.78 Å². The summed E-state index contributed by atoms with van der Waals surface area (Å²) < 4.78 is 1.08. The van der Waals surface area contributed by atoms with E-state index in [1.165, 1.54) is 12.3 Å². The van der Waals surface area contributed by atoms with Crippen LogP contribution in [-0.4, -0.2) is 16.1 Å². The lowest BCUT2D eigenvalue weighted by Crippen LogP contribution is -2.05. The van der Waals surface area contributed by atoms with E-state index in [9.17, 15) is 4.79 Å². The van der Waals surface area contributed by atoms with Gasteiger partial charge in [-0.1, -0.05) is 6.07 Å². The lowest BCUT2D eigenvalue weighted by Gasteiger charge is -2.07. The number of pyridine rings is 1. The Hall–Kier alpha value is -1.83. The zero-order valence-corrected chi connectivity index (χ0v) is 11.4. The summed E-state index contributed by atoms with van der Waals surface area (Å²) in [5.74, 6) is -0.621. The zero-order chi connectivity index (χ0) is 13.1. The Morgan fingerprint density at radius 3 is 2.83 bits per heavy atom. The van der Waals surface area contributed by atoms with Crippen molar-refractivity contribution in [2.45, 2.75) is 0 Å². The molecule has 1 aromatic heterocycles. The summed E-state index contributed by atoms with van der Waals surface area (Å²) in [5, 5.41) is 12.0. The third-order valence-corrected chi connectivity index (χ3v) is 2.93. The largest absolute Gasteiger partial charge is 0.478 e. The molecule has 5 nitrogen and oxygen atoms in total. The highest BCUT2D eigenvalue weighted by atomic mass is 127. The lowest BCUT2D eigenvalue weighted by molar-refractivity contribution is 0.0698. The number of benzene rings is 1. The molecule has 0 amide bonds. The van der Waals surface area contributed by atoms with Crippen molar-refractivity contribution in [2.24, 2.45) is 0 Å². The van der Waals surface area contributed by atoms with Gasteiger partial charge in [0.15, 0.2) is 0 Å². The minimum atomic E-state index is -1.07. The average Bonchev–Trinajstić information content (AvgIpc) is 2.31. The topological polar surface area (TPSA) is 88.2 Å². The Labute approximate surface area is 117 Å². The molecule has 4 N–H and O–H groups in total. The number of aromatic carboxylic acids is 1. The number of carbonyl (C=O) groups is 1. The molecule has 0 aliphatic rings. The molecule has 0 saturated carbocycles. The predicted molar refractivity (Wildman–Crippen MR) is 78.1 cm³/mol. The van der Waals surface area contributed by atoms with Gasteiger partial charge in [-0.05, 0) is 46.9 Å². The zero-order valence-electron chi connectivity index (χ0n) is 9.22. The Balaban J connectivity index is 2.30. The molecule has 2 rings (SSSR count). The summed E-state index contributed by atoms with van der Waals surface area (Å²) >= 11 is 2.20. The molecule has 6 heteroatoms. The fraction of sp³-hybridized carbons (Fsp3) is 0. The highest BCUT2D eigenvalue weighted by molar-refractivity contribution is 14.1. The quantitative estimate of drug-likeness (QED) is 0.737. The van der Waals surface area contributed by atoms with Crippen LogP contribution in [0.3, 0.4) is 0 Å². The fourth-order valence-electron chi connectivity index (χ4n) is 1.43. The van der Waals surface area contributed by atoms with Gasteiger partial charge in [0, 0.05) is 9.26 Å². The maximum atomic E-state index is 10.9. The van der Waals surface area contributed by atoms with Crippen LogP contribution in [0.2, 0.25) is 0 Å². The molecular weight excluding hydrogens is 345 g/mol. The number of hydrogen-bond acceptors (Lipinski definition) is 4. The van der Waals surface area contributed by atoms with Crippen LogP contribution in [0.5, 0.6) is 0 Å². The van der Waals surface area contributed by atoms with E-state index in [1.54, 1.807) is 0 Å². The summed E-state index contributed by atoms with van der Waals surface area (Å²) in [6.45, 7) is 0. The molecule has 0 bridgehead atoms. The SMILES string of the molecule is Nc1cnc(Nc2cccc(I)c2)cc1C(=O)O. The van der Waals surface area contributed by atoms with Gasteiger partial charge in [-0.2, -0.15) is 0 Å². The fourth-order valence-corrected chi connectivity index (χ4v) is 1.98. The minimum absolute atomic E-state index is 0.0399. The molecule has 0 fully saturated rings. The molecule has 1 heterocycles. The van der Waals surface area contributed by atoms with Crippen molar-refractivity contribution in [3.63, 3.8) is 0 Å². The summed E-state index contributed by atoms with van der Waals surface area (Å²) in [4.78, 5) is 15.0. The smallest absolute Gasteiger partial charge is 0.337 e. The molecule has 18 heavy (non-hydrogen) atoms. The van der Waals surface area contributed by atoms with Crippen LogP contribution in [0, 0.1) is 3.57 Å². The van der Waals surface area contributed by atoms with Crippen LogP contribution >= 0.6 is 22.6 Å². The van der Waals surface area contributed by atoms with Gasteiger partial charge in [0.05, 0.1) is 17.4 Å². The normalized spacial score (nSPS) is 10.1. The highest BCUT2D eigenvalue weighted by Crippen LogP contribution is 2.20. The molecule has 1 aromatic carbocycles. The van der Waals surface area contributed by atoms with Crippen molar-refractivity contribution >= 4 is 45.8 Å². The van der Waals surface area contributed by atoms with E-state index in [2.05, 4.69) is 32.9 Å². The van der Waals surface area contributed by atoms with Crippen LogP contribution in [0.25, 0.3) is 0 Å². The first kappa shape index (κ1) is 12.6. The molecule has 0 radical (unpaired) electrons. The molecule has 2 aromatic rings. The molecule has 0 spiro atoms. The van der Waals surface area contributed by atoms with Crippen molar-refractivity contribution in [3.8, 4) is 0 Å². The van der Waals surface area contributed by atoms with E-state index < -0.39 is 5.97 Å². The molecular formula is C12H10IN3O2. The average molecular weight is 355 g/mol. The van der Waals surface area contributed by atoms with E-state index >= 15 is 0 Å². The Bertz CT molecular complexity index is 602. The van der Waals surface area contributed by atoms with Crippen LogP contribution in [0.1, 0.15) is 10.4 Å². The number of nitrogen functional groups attached to an aromatic ring is 1. The number of carboxylic acid groups (broad SMARTS) is 1. The first-order chi connectivity index (χ1) is 8.56. The van der Waals surface area contributed by atoms with Gasteiger partial charge < -0.3 is 16.2 Å². The second-order valence-electron chi connectivity index (χ2n) is 3.60. The number of nitrogens with zero attached hydrogens (tertiary/aromatic N) is 1. The van der Waals surface area contributed by atoms with Crippen LogP contribution in [-0.2, 0) is 0 Å². The summed E-state index contributed by atoms with van der Waals surface area (Å²) in [7, 11) is 0. The van der Waals surface area contributed by atoms with Crippen molar-refractivity contribution in [3.05, 3.63) is 45.7 Å². The van der Waals surface area contributed by atoms with Crippen molar-refractivity contribution < 1.29 is 9.90 Å². The Morgan fingerprint density at radius 1 is 1.39 bits per heavy atom. The number of anilines is 3. The van der Waals surface area contributed by atoms with E-state index in [-0.39, 0.29) is 11.3 Å². The summed E-state index contributed by atoms with van der Waals surface area (Å²) in [6.07, 6.45) is 1.33. The number of rotatable bonds is 3. The highest BCUT2D eigenvalue weighted by Gasteiger charge is 2.09. The molecule has 92 valence electrons. The number of carboxylic acids is 1.